The third-order valence-corrected chi connectivity index (χ3v) is 3.70. The second-order valence-corrected chi connectivity index (χ2v) is 5.40. The topological polar surface area (TPSA) is 55.8 Å². The highest BCUT2D eigenvalue weighted by Crippen LogP contribution is 2.20. The molecule has 0 aliphatic carbocycles. The molecule has 0 aromatic heterocycles. The van der Waals surface area contributed by atoms with E-state index in [1.54, 1.807) is 19.0 Å². The van der Waals surface area contributed by atoms with E-state index in [-0.39, 0.29) is 12.6 Å². The SMILES string of the molecule is CN(C)C(=O)N1CCC(Nc2ccccc2CO)CC1. The standard InChI is InChI=1S/C15H23N3O2/c1-17(2)15(20)18-9-7-13(8-10-18)16-14-6-4-3-5-12(14)11-19/h3-6,13,16,19H,7-11H2,1-2H3. The molecule has 1 aliphatic rings. The lowest BCUT2D eigenvalue weighted by molar-refractivity contribution is 0.158. The summed E-state index contributed by atoms with van der Waals surface area (Å²) in [6, 6.07) is 8.24. The largest absolute Gasteiger partial charge is 0.392 e. The second kappa shape index (κ2) is 6.61. The number of carbonyl (C=O) groups is 1. The molecular formula is C15H23N3O2. The molecule has 0 saturated carbocycles. The molecule has 20 heavy (non-hydrogen) atoms. The van der Waals surface area contributed by atoms with E-state index in [0.29, 0.717) is 6.04 Å². The van der Waals surface area contributed by atoms with Gasteiger partial charge in [0.25, 0.3) is 0 Å². The molecule has 0 spiro atoms. The zero-order valence-electron chi connectivity index (χ0n) is 12.2. The molecule has 0 radical (unpaired) electrons. The number of rotatable bonds is 3. The lowest BCUT2D eigenvalue weighted by atomic mass is 10.0. The van der Waals surface area contributed by atoms with Crippen molar-refractivity contribution in [3.8, 4) is 0 Å². The van der Waals surface area contributed by atoms with Gasteiger partial charge in [0.1, 0.15) is 0 Å². The summed E-state index contributed by atoms with van der Waals surface area (Å²) in [4.78, 5) is 15.4. The van der Waals surface area contributed by atoms with E-state index < -0.39 is 0 Å². The number of aliphatic hydroxyl groups is 1. The molecular weight excluding hydrogens is 254 g/mol. The van der Waals surface area contributed by atoms with Crippen LogP contribution in [0.5, 0.6) is 0 Å². The van der Waals surface area contributed by atoms with E-state index in [2.05, 4.69) is 5.32 Å². The van der Waals surface area contributed by atoms with E-state index in [1.165, 1.54) is 0 Å². The van der Waals surface area contributed by atoms with E-state index in [1.807, 2.05) is 29.2 Å². The van der Waals surface area contributed by atoms with Gasteiger partial charge in [-0.15, -0.1) is 0 Å². The fourth-order valence-corrected chi connectivity index (χ4v) is 2.52. The summed E-state index contributed by atoms with van der Waals surface area (Å²) in [7, 11) is 3.56. The number of anilines is 1. The maximum Gasteiger partial charge on any atom is 0.319 e. The monoisotopic (exact) mass is 277 g/mol. The van der Waals surface area contributed by atoms with Crippen LogP contribution in [0.15, 0.2) is 24.3 Å². The lowest BCUT2D eigenvalue weighted by Gasteiger charge is -2.34. The van der Waals surface area contributed by atoms with Gasteiger partial charge >= 0.3 is 6.03 Å². The normalized spacial score (nSPS) is 16.1. The summed E-state index contributed by atoms with van der Waals surface area (Å²) in [6.07, 6.45) is 1.86. The number of carbonyl (C=O) groups excluding carboxylic acids is 1. The van der Waals surface area contributed by atoms with Crippen molar-refractivity contribution in [1.29, 1.82) is 0 Å². The van der Waals surface area contributed by atoms with Gasteiger partial charge in [-0.3, -0.25) is 0 Å². The quantitative estimate of drug-likeness (QED) is 0.885. The van der Waals surface area contributed by atoms with Crippen LogP contribution >= 0.6 is 0 Å². The second-order valence-electron chi connectivity index (χ2n) is 5.40. The number of piperidine rings is 1. The number of hydrogen-bond donors (Lipinski definition) is 2. The summed E-state index contributed by atoms with van der Waals surface area (Å²) in [5.74, 6) is 0. The highest BCUT2D eigenvalue weighted by Gasteiger charge is 2.23. The Labute approximate surface area is 120 Å². The number of likely N-dealkylation sites (tertiary alicyclic amines) is 1. The van der Waals surface area contributed by atoms with Crippen molar-refractivity contribution in [3.05, 3.63) is 29.8 Å². The molecule has 0 atom stereocenters. The summed E-state index contributed by atoms with van der Waals surface area (Å²) in [6.45, 7) is 1.59. The average Bonchev–Trinajstić information content (AvgIpc) is 2.48. The van der Waals surface area contributed by atoms with E-state index in [9.17, 15) is 9.90 Å². The van der Waals surface area contributed by atoms with Crippen molar-refractivity contribution in [2.45, 2.75) is 25.5 Å². The number of aliphatic hydroxyl groups excluding tert-OH is 1. The molecule has 5 heteroatoms. The van der Waals surface area contributed by atoms with E-state index >= 15 is 0 Å². The molecule has 1 heterocycles. The first kappa shape index (κ1) is 14.7. The van der Waals surface area contributed by atoms with Crippen LogP contribution in [-0.2, 0) is 6.61 Å². The van der Waals surface area contributed by atoms with E-state index in [0.717, 1.165) is 37.2 Å². The Bertz CT molecular complexity index is 454. The van der Waals surface area contributed by atoms with Crippen molar-refractivity contribution in [2.75, 3.05) is 32.5 Å². The summed E-state index contributed by atoms with van der Waals surface area (Å²) in [5, 5.41) is 12.8. The van der Waals surface area contributed by atoms with Gasteiger partial charge < -0.3 is 20.2 Å². The van der Waals surface area contributed by atoms with Crippen LogP contribution in [-0.4, -0.2) is 54.2 Å². The van der Waals surface area contributed by atoms with E-state index in [4.69, 9.17) is 0 Å². The average molecular weight is 277 g/mol. The Morgan fingerprint density at radius 1 is 1.35 bits per heavy atom. The third kappa shape index (κ3) is 3.42. The smallest absolute Gasteiger partial charge is 0.319 e. The fraction of sp³-hybridized carbons (Fsp3) is 0.533. The minimum absolute atomic E-state index is 0.0428. The first-order chi connectivity index (χ1) is 9.61. The van der Waals surface area contributed by atoms with Crippen LogP contribution in [0.2, 0.25) is 0 Å². The lowest BCUT2D eigenvalue weighted by Crippen LogP contribution is -2.46. The Hall–Kier alpha value is -1.75. The Balaban J connectivity index is 1.90. The van der Waals surface area contributed by atoms with Crippen molar-refractivity contribution < 1.29 is 9.90 Å². The molecule has 1 fully saturated rings. The third-order valence-electron chi connectivity index (χ3n) is 3.70. The molecule has 1 saturated heterocycles. The van der Waals surface area contributed by atoms with Crippen molar-refractivity contribution >= 4 is 11.7 Å². The van der Waals surface area contributed by atoms with Gasteiger partial charge in [0.15, 0.2) is 0 Å². The first-order valence-corrected chi connectivity index (χ1v) is 7.03. The maximum absolute atomic E-state index is 11.9. The molecule has 5 nitrogen and oxygen atoms in total. The Kier molecular flexibility index (Phi) is 4.84. The molecule has 2 amide bonds. The highest BCUT2D eigenvalue weighted by atomic mass is 16.3. The van der Waals surface area contributed by atoms with Crippen molar-refractivity contribution in [1.82, 2.24) is 9.80 Å². The summed E-state index contributed by atoms with van der Waals surface area (Å²) < 4.78 is 0. The molecule has 0 unspecified atom stereocenters. The van der Waals surface area contributed by atoms with Crippen LogP contribution in [0.1, 0.15) is 18.4 Å². The number of urea groups is 1. The molecule has 110 valence electrons. The highest BCUT2D eigenvalue weighted by molar-refractivity contribution is 5.73. The maximum atomic E-state index is 11.9. The summed E-state index contributed by atoms with van der Waals surface area (Å²) >= 11 is 0. The van der Waals surface area contributed by atoms with Gasteiger partial charge in [0, 0.05) is 44.5 Å². The zero-order valence-corrected chi connectivity index (χ0v) is 12.2. The molecule has 2 rings (SSSR count). The van der Waals surface area contributed by atoms with Crippen LogP contribution in [0, 0.1) is 0 Å². The first-order valence-electron chi connectivity index (χ1n) is 7.03. The summed E-state index contributed by atoms with van der Waals surface area (Å²) in [5.41, 5.74) is 1.91. The predicted octanol–water partition coefficient (Wildman–Crippen LogP) is 1.74. The number of para-hydroxylation sites is 1. The van der Waals surface area contributed by atoms with Gasteiger partial charge in [0.2, 0.25) is 0 Å². The van der Waals surface area contributed by atoms with Gasteiger partial charge in [-0.1, -0.05) is 18.2 Å². The predicted molar refractivity (Wildman–Crippen MR) is 79.7 cm³/mol. The fourth-order valence-electron chi connectivity index (χ4n) is 2.52. The number of nitrogens with one attached hydrogen (secondary N) is 1. The van der Waals surface area contributed by atoms with Gasteiger partial charge in [-0.25, -0.2) is 4.79 Å². The molecule has 1 aliphatic heterocycles. The molecule has 2 N–H and O–H groups in total. The number of amides is 2. The number of hydrogen-bond acceptors (Lipinski definition) is 3. The number of benzene rings is 1. The van der Waals surface area contributed by atoms with Gasteiger partial charge in [0.05, 0.1) is 6.61 Å². The molecule has 0 bridgehead atoms. The zero-order chi connectivity index (χ0) is 14.5. The Morgan fingerprint density at radius 3 is 2.60 bits per heavy atom. The molecule has 1 aromatic carbocycles. The van der Waals surface area contributed by atoms with Crippen molar-refractivity contribution in [2.24, 2.45) is 0 Å². The minimum Gasteiger partial charge on any atom is -0.392 e. The van der Waals surface area contributed by atoms with Gasteiger partial charge in [-0.2, -0.15) is 0 Å². The Morgan fingerprint density at radius 2 is 2.00 bits per heavy atom. The van der Waals surface area contributed by atoms with Gasteiger partial charge in [-0.05, 0) is 18.9 Å². The van der Waals surface area contributed by atoms with Crippen molar-refractivity contribution in [3.63, 3.8) is 0 Å². The van der Waals surface area contributed by atoms with Crippen LogP contribution < -0.4 is 5.32 Å². The molecule has 1 aromatic rings. The van der Waals surface area contributed by atoms with Crippen LogP contribution in [0.4, 0.5) is 10.5 Å². The number of nitrogens with zero attached hydrogens (tertiary/aromatic N) is 2. The van der Waals surface area contributed by atoms with Crippen LogP contribution in [0.3, 0.4) is 0 Å². The minimum atomic E-state index is 0.0428. The van der Waals surface area contributed by atoms with Crippen LogP contribution in [0.25, 0.3) is 0 Å².